The summed E-state index contributed by atoms with van der Waals surface area (Å²) in [5.41, 5.74) is 3.62. The van der Waals surface area contributed by atoms with Crippen molar-refractivity contribution < 1.29 is 19.0 Å². The molecule has 0 aliphatic carbocycles. The second-order valence-electron chi connectivity index (χ2n) is 7.10. The number of rotatable bonds is 7. The van der Waals surface area contributed by atoms with Gasteiger partial charge >= 0.3 is 0 Å². The summed E-state index contributed by atoms with van der Waals surface area (Å²) >= 11 is 0. The minimum Gasteiger partial charge on any atom is -0.495 e. The number of nitrogens with zero attached hydrogens (tertiary/aromatic N) is 1. The molecule has 1 N–H and O–H groups in total. The molecule has 0 spiro atoms. The van der Waals surface area contributed by atoms with Gasteiger partial charge in [-0.15, -0.1) is 0 Å². The molecule has 1 amide bonds. The summed E-state index contributed by atoms with van der Waals surface area (Å²) in [7, 11) is 5.06. The van der Waals surface area contributed by atoms with Crippen LogP contribution < -0.4 is 19.5 Å². The lowest BCUT2D eigenvalue weighted by Crippen LogP contribution is -2.21. The Hall–Kier alpha value is -2.89. The van der Waals surface area contributed by atoms with E-state index >= 15 is 0 Å². The van der Waals surface area contributed by atoms with Gasteiger partial charge in [-0.25, -0.2) is 0 Å². The summed E-state index contributed by atoms with van der Waals surface area (Å²) in [6.45, 7) is 5.23. The van der Waals surface area contributed by atoms with Crippen LogP contribution in [-0.2, 0) is 13.0 Å². The van der Waals surface area contributed by atoms with E-state index in [-0.39, 0.29) is 12.0 Å². The highest BCUT2D eigenvalue weighted by Crippen LogP contribution is 2.37. The maximum Gasteiger partial charge on any atom is 0.253 e. The van der Waals surface area contributed by atoms with Crippen molar-refractivity contribution in [3.05, 3.63) is 47.0 Å². The maximum absolute atomic E-state index is 12.2. The molecule has 1 aliphatic rings. The van der Waals surface area contributed by atoms with Crippen LogP contribution in [0.4, 0.5) is 5.69 Å². The van der Waals surface area contributed by atoms with Gasteiger partial charge in [-0.2, -0.15) is 0 Å². The summed E-state index contributed by atoms with van der Waals surface area (Å²) in [6, 6.07) is 9.50. The molecule has 6 heteroatoms. The van der Waals surface area contributed by atoms with Gasteiger partial charge in [-0.05, 0) is 44.2 Å². The molecular formula is C22H28N2O4. The zero-order valence-electron chi connectivity index (χ0n) is 17.2. The van der Waals surface area contributed by atoms with Crippen molar-refractivity contribution >= 4 is 11.6 Å². The molecule has 0 radical (unpaired) electrons. The molecular weight excluding hydrogens is 356 g/mol. The first-order valence-electron chi connectivity index (χ1n) is 9.51. The van der Waals surface area contributed by atoms with Crippen molar-refractivity contribution in [1.82, 2.24) is 4.90 Å². The third-order valence-electron chi connectivity index (χ3n) is 4.68. The number of ether oxygens (including phenoxy) is 3. The Morgan fingerprint density at radius 1 is 1.29 bits per heavy atom. The fraction of sp³-hybridized carbons (Fsp3) is 0.409. The van der Waals surface area contributed by atoms with Crippen molar-refractivity contribution in [3.63, 3.8) is 0 Å². The largest absolute Gasteiger partial charge is 0.495 e. The molecule has 150 valence electrons. The van der Waals surface area contributed by atoms with E-state index < -0.39 is 0 Å². The average molecular weight is 384 g/mol. The molecule has 3 rings (SSSR count). The molecule has 1 aliphatic heterocycles. The van der Waals surface area contributed by atoms with E-state index in [4.69, 9.17) is 14.2 Å². The number of fused-ring (bicyclic) bond motifs is 1. The predicted octanol–water partition coefficient (Wildman–Crippen LogP) is 3.73. The summed E-state index contributed by atoms with van der Waals surface area (Å²) < 4.78 is 17.2. The molecule has 1 heterocycles. The standard InChI is InChI=1S/C22H28N2O4/c1-6-27-18-10-16-9-14(2)28-21(16)17(11-18)13-23-19-8-7-15(12-20(19)26-5)22(25)24(3)4/h7-8,10-12,14,23H,6,9,13H2,1-5H3. The highest BCUT2D eigenvalue weighted by Gasteiger charge is 2.23. The fourth-order valence-electron chi connectivity index (χ4n) is 3.38. The van der Waals surface area contributed by atoms with E-state index in [0.717, 1.165) is 29.2 Å². The van der Waals surface area contributed by atoms with Crippen molar-refractivity contribution in [1.29, 1.82) is 0 Å². The highest BCUT2D eigenvalue weighted by molar-refractivity contribution is 5.95. The zero-order valence-corrected chi connectivity index (χ0v) is 17.2. The summed E-state index contributed by atoms with van der Waals surface area (Å²) in [6.07, 6.45) is 1.05. The normalized spacial score (nSPS) is 14.8. The topological polar surface area (TPSA) is 60.0 Å². The van der Waals surface area contributed by atoms with Gasteiger partial charge in [-0.1, -0.05) is 0 Å². The monoisotopic (exact) mass is 384 g/mol. The lowest BCUT2D eigenvalue weighted by molar-refractivity contribution is 0.0827. The van der Waals surface area contributed by atoms with Gasteiger partial charge in [0.05, 0.1) is 19.4 Å². The Kier molecular flexibility index (Phi) is 5.97. The van der Waals surface area contributed by atoms with Gasteiger partial charge in [0, 0.05) is 43.8 Å². The number of amides is 1. The minimum atomic E-state index is -0.0607. The number of benzene rings is 2. The SMILES string of the molecule is CCOc1cc(CNc2ccc(C(=O)N(C)C)cc2OC)c2c(c1)CC(C)O2. The van der Waals surface area contributed by atoms with Crippen LogP contribution in [0, 0.1) is 0 Å². The van der Waals surface area contributed by atoms with Crippen molar-refractivity contribution in [2.24, 2.45) is 0 Å². The number of hydrogen-bond donors (Lipinski definition) is 1. The number of carbonyl (C=O) groups is 1. The van der Waals surface area contributed by atoms with Gasteiger partial charge in [0.1, 0.15) is 23.4 Å². The van der Waals surface area contributed by atoms with Crippen LogP contribution in [0.15, 0.2) is 30.3 Å². The molecule has 2 aromatic carbocycles. The second-order valence-corrected chi connectivity index (χ2v) is 7.10. The van der Waals surface area contributed by atoms with Crippen LogP contribution in [0.1, 0.15) is 35.3 Å². The minimum absolute atomic E-state index is 0.0607. The number of hydrogen-bond acceptors (Lipinski definition) is 5. The molecule has 1 atom stereocenters. The molecule has 0 fully saturated rings. The second kappa shape index (κ2) is 8.42. The Morgan fingerprint density at radius 3 is 2.75 bits per heavy atom. The van der Waals surface area contributed by atoms with Gasteiger partial charge in [0.2, 0.25) is 0 Å². The third kappa shape index (κ3) is 4.16. The fourth-order valence-corrected chi connectivity index (χ4v) is 3.38. The average Bonchev–Trinajstić information content (AvgIpc) is 3.05. The Balaban J connectivity index is 1.83. The van der Waals surface area contributed by atoms with Crippen LogP contribution in [0.25, 0.3) is 0 Å². The molecule has 6 nitrogen and oxygen atoms in total. The number of nitrogens with one attached hydrogen (secondary N) is 1. The van der Waals surface area contributed by atoms with Crippen LogP contribution in [0.2, 0.25) is 0 Å². The van der Waals surface area contributed by atoms with Crippen molar-refractivity contribution in [2.45, 2.75) is 32.9 Å². The van der Waals surface area contributed by atoms with E-state index in [1.54, 1.807) is 38.2 Å². The van der Waals surface area contributed by atoms with E-state index in [1.807, 2.05) is 19.1 Å². The maximum atomic E-state index is 12.2. The highest BCUT2D eigenvalue weighted by atomic mass is 16.5. The van der Waals surface area contributed by atoms with E-state index in [1.165, 1.54) is 5.56 Å². The number of carbonyl (C=O) groups excluding carboxylic acids is 1. The van der Waals surface area contributed by atoms with Crippen LogP contribution in [0.5, 0.6) is 17.2 Å². The third-order valence-corrected chi connectivity index (χ3v) is 4.68. The lowest BCUT2D eigenvalue weighted by atomic mass is 10.1. The smallest absolute Gasteiger partial charge is 0.253 e. The Labute approximate surface area is 166 Å². The number of methoxy groups -OCH3 is 1. The molecule has 0 bridgehead atoms. The molecule has 2 aromatic rings. The van der Waals surface area contributed by atoms with Crippen LogP contribution in [0.3, 0.4) is 0 Å². The van der Waals surface area contributed by atoms with Crippen molar-refractivity contribution in [3.8, 4) is 17.2 Å². The van der Waals surface area contributed by atoms with Gasteiger partial charge < -0.3 is 24.4 Å². The zero-order chi connectivity index (χ0) is 20.3. The molecule has 0 saturated heterocycles. The first kappa shape index (κ1) is 19.9. The van der Waals surface area contributed by atoms with Gasteiger partial charge in [-0.3, -0.25) is 4.79 Å². The van der Waals surface area contributed by atoms with Gasteiger partial charge in [0.15, 0.2) is 0 Å². The molecule has 1 unspecified atom stereocenters. The molecule has 0 saturated carbocycles. The summed E-state index contributed by atoms with van der Waals surface area (Å²) in [5, 5.41) is 3.40. The first-order valence-corrected chi connectivity index (χ1v) is 9.51. The Morgan fingerprint density at radius 2 is 2.07 bits per heavy atom. The molecule has 28 heavy (non-hydrogen) atoms. The molecule has 0 aromatic heterocycles. The van der Waals surface area contributed by atoms with E-state index in [0.29, 0.717) is 24.5 Å². The number of anilines is 1. The van der Waals surface area contributed by atoms with E-state index in [9.17, 15) is 4.79 Å². The van der Waals surface area contributed by atoms with Crippen LogP contribution >= 0.6 is 0 Å². The van der Waals surface area contributed by atoms with Gasteiger partial charge in [0.25, 0.3) is 5.91 Å². The summed E-state index contributed by atoms with van der Waals surface area (Å²) in [4.78, 5) is 13.7. The van der Waals surface area contributed by atoms with Crippen LogP contribution in [-0.4, -0.2) is 44.7 Å². The summed E-state index contributed by atoms with van der Waals surface area (Å²) in [5.74, 6) is 2.35. The quantitative estimate of drug-likeness (QED) is 0.788. The van der Waals surface area contributed by atoms with Crippen molar-refractivity contribution in [2.75, 3.05) is 33.1 Å². The lowest BCUT2D eigenvalue weighted by Gasteiger charge is -2.16. The van der Waals surface area contributed by atoms with E-state index in [2.05, 4.69) is 18.3 Å². The first-order chi connectivity index (χ1) is 13.4. The predicted molar refractivity (Wildman–Crippen MR) is 110 cm³/mol. The Bertz CT molecular complexity index is 864.